The molecule has 9 aromatic carbocycles. The van der Waals surface area contributed by atoms with Crippen molar-refractivity contribution in [3.05, 3.63) is 211 Å². The van der Waals surface area contributed by atoms with Gasteiger partial charge in [-0.25, -0.2) is 0 Å². The Bertz CT molecular complexity index is 3480. The summed E-state index contributed by atoms with van der Waals surface area (Å²) in [5.74, 6) is 0. The zero-order chi connectivity index (χ0) is 46.0. The molecule has 326 valence electrons. The number of nitrogens with one attached hydrogen (secondary N) is 1. The number of benzene rings is 9. The van der Waals surface area contributed by atoms with Gasteiger partial charge in [0.25, 0.3) is 0 Å². The van der Waals surface area contributed by atoms with E-state index >= 15 is 0 Å². The molecule has 0 radical (unpaired) electrons. The van der Waals surface area contributed by atoms with Crippen molar-refractivity contribution in [3.63, 3.8) is 0 Å². The zero-order valence-electron chi connectivity index (χ0n) is 39.5. The summed E-state index contributed by atoms with van der Waals surface area (Å²) in [6.45, 7) is 15.9. The molecule has 1 aliphatic rings. The molecular formula is C63H55BN2O. The highest BCUT2D eigenvalue weighted by atomic mass is 16.3. The Morgan fingerprint density at radius 2 is 1.13 bits per heavy atom. The van der Waals surface area contributed by atoms with Gasteiger partial charge in [0.05, 0.1) is 16.8 Å². The summed E-state index contributed by atoms with van der Waals surface area (Å²) in [7, 11) is 0.737. The summed E-state index contributed by atoms with van der Waals surface area (Å²) >= 11 is 0. The minimum Gasteiger partial charge on any atom is -0.456 e. The fraction of sp³-hybridized carbons (Fsp3) is 0.143. The van der Waals surface area contributed by atoms with Crippen LogP contribution < -0.4 is 21.1 Å². The first kappa shape index (κ1) is 42.1. The molecule has 2 heterocycles. The molecule has 0 spiro atoms. The van der Waals surface area contributed by atoms with Crippen molar-refractivity contribution in [1.82, 2.24) is 0 Å². The minimum atomic E-state index is -0.0542. The van der Waals surface area contributed by atoms with Crippen molar-refractivity contribution in [2.24, 2.45) is 0 Å². The van der Waals surface area contributed by atoms with Gasteiger partial charge >= 0.3 is 0 Å². The van der Waals surface area contributed by atoms with E-state index in [-0.39, 0.29) is 10.8 Å². The van der Waals surface area contributed by atoms with E-state index in [9.17, 15) is 0 Å². The van der Waals surface area contributed by atoms with Crippen molar-refractivity contribution in [2.75, 3.05) is 10.2 Å². The van der Waals surface area contributed by atoms with E-state index in [0.717, 1.165) is 63.1 Å². The van der Waals surface area contributed by atoms with E-state index in [1.807, 2.05) is 0 Å². The molecule has 1 aromatic heterocycles. The smallest absolute Gasteiger partial charge is 0.198 e. The van der Waals surface area contributed by atoms with Crippen LogP contribution in [0.2, 0.25) is 0 Å². The maximum Gasteiger partial charge on any atom is 0.198 e. The van der Waals surface area contributed by atoms with Crippen LogP contribution in [0.25, 0.3) is 66.4 Å². The first-order valence-corrected chi connectivity index (χ1v) is 23.6. The third-order valence-corrected chi connectivity index (χ3v) is 13.7. The van der Waals surface area contributed by atoms with E-state index in [1.54, 1.807) is 0 Å². The number of hydrogen-bond acceptors (Lipinski definition) is 3. The summed E-state index contributed by atoms with van der Waals surface area (Å²) < 4.78 is 6.68. The fourth-order valence-electron chi connectivity index (χ4n) is 10.1. The molecule has 0 bridgehead atoms. The number of nitrogens with zero attached hydrogens (tertiary/aromatic N) is 1. The van der Waals surface area contributed by atoms with Crippen LogP contribution in [-0.4, -0.2) is 7.28 Å². The Morgan fingerprint density at radius 1 is 0.463 bits per heavy atom. The van der Waals surface area contributed by atoms with Gasteiger partial charge in [0.2, 0.25) is 0 Å². The topological polar surface area (TPSA) is 28.4 Å². The molecule has 4 heteroatoms. The molecule has 0 saturated carbocycles. The Kier molecular flexibility index (Phi) is 10.3. The van der Waals surface area contributed by atoms with Crippen LogP contribution in [-0.2, 0) is 10.8 Å². The van der Waals surface area contributed by atoms with Crippen molar-refractivity contribution < 1.29 is 4.42 Å². The van der Waals surface area contributed by atoms with E-state index in [1.165, 1.54) is 66.7 Å². The monoisotopic (exact) mass is 866 g/mol. The normalized spacial score (nSPS) is 12.5. The number of anilines is 5. The standard InChI is InChI=1S/C63H55BN2O/c1-40-18-14-15-23-48(40)44-36-52(49-32-26-43(41-19-10-8-11-20-41)37-54(49)65-47-30-27-45(28-31-47)62(2,3)4)60-56(38-44)66(55-34-29-46(63(5,6)7)39-51(55)42-21-12-9-13-22-42)61-53(64-60)33-35-58-59(61)50-24-16-17-25-57(50)67-58/h8-39,64-65H,1-7H3. The zero-order valence-corrected chi connectivity index (χ0v) is 39.5. The Balaban J connectivity index is 1.23. The summed E-state index contributed by atoms with van der Waals surface area (Å²) in [6, 6.07) is 71.4. The molecule has 0 amide bonds. The summed E-state index contributed by atoms with van der Waals surface area (Å²) in [5.41, 5.74) is 23.1. The lowest BCUT2D eigenvalue weighted by Crippen LogP contribution is -2.41. The van der Waals surface area contributed by atoms with Crippen LogP contribution in [0.15, 0.2) is 199 Å². The molecule has 1 aliphatic heterocycles. The second-order valence-corrected chi connectivity index (χ2v) is 20.3. The average molecular weight is 867 g/mol. The molecule has 10 aromatic rings. The molecule has 0 saturated heterocycles. The van der Waals surface area contributed by atoms with Crippen LogP contribution >= 0.6 is 0 Å². The van der Waals surface area contributed by atoms with Crippen LogP contribution in [0.4, 0.5) is 28.4 Å². The molecule has 1 N–H and O–H groups in total. The van der Waals surface area contributed by atoms with Crippen LogP contribution in [0.3, 0.4) is 0 Å². The van der Waals surface area contributed by atoms with Gasteiger partial charge in [0, 0.05) is 33.6 Å². The molecule has 0 unspecified atom stereocenters. The van der Waals surface area contributed by atoms with Gasteiger partial charge < -0.3 is 14.6 Å². The molecular weight excluding hydrogens is 812 g/mol. The Labute approximate surface area is 396 Å². The highest BCUT2D eigenvalue weighted by Crippen LogP contribution is 2.49. The molecule has 67 heavy (non-hydrogen) atoms. The third kappa shape index (κ3) is 7.71. The van der Waals surface area contributed by atoms with Crippen LogP contribution in [0.5, 0.6) is 0 Å². The summed E-state index contributed by atoms with van der Waals surface area (Å²) in [6.07, 6.45) is 0. The number of fused-ring (bicyclic) bond motifs is 6. The maximum absolute atomic E-state index is 6.68. The Hall–Kier alpha value is -7.56. The molecule has 3 nitrogen and oxygen atoms in total. The largest absolute Gasteiger partial charge is 0.456 e. The maximum atomic E-state index is 6.68. The molecule has 11 rings (SSSR count). The highest BCUT2D eigenvalue weighted by Gasteiger charge is 2.34. The quantitative estimate of drug-likeness (QED) is 0.162. The van der Waals surface area contributed by atoms with E-state index < -0.39 is 0 Å². The van der Waals surface area contributed by atoms with Crippen molar-refractivity contribution in [1.29, 1.82) is 0 Å². The third-order valence-electron chi connectivity index (χ3n) is 13.7. The van der Waals surface area contributed by atoms with Gasteiger partial charge in [-0.05, 0) is 128 Å². The van der Waals surface area contributed by atoms with Gasteiger partial charge in [-0.1, -0.05) is 187 Å². The summed E-state index contributed by atoms with van der Waals surface area (Å²) in [5, 5.41) is 6.21. The van der Waals surface area contributed by atoms with Gasteiger partial charge in [-0.2, -0.15) is 0 Å². The second-order valence-electron chi connectivity index (χ2n) is 20.3. The number of hydrogen-bond donors (Lipinski definition) is 1. The van der Waals surface area contributed by atoms with Gasteiger partial charge in [-0.3, -0.25) is 0 Å². The van der Waals surface area contributed by atoms with Gasteiger partial charge in [0.1, 0.15) is 11.2 Å². The van der Waals surface area contributed by atoms with Crippen LogP contribution in [0.1, 0.15) is 58.2 Å². The summed E-state index contributed by atoms with van der Waals surface area (Å²) in [4.78, 5) is 2.58. The second kappa shape index (κ2) is 16.4. The van der Waals surface area contributed by atoms with Crippen molar-refractivity contribution in [3.8, 4) is 44.5 Å². The lowest BCUT2D eigenvalue weighted by Gasteiger charge is -2.37. The molecule has 0 aliphatic carbocycles. The predicted molar refractivity (Wildman–Crippen MR) is 288 cm³/mol. The highest BCUT2D eigenvalue weighted by molar-refractivity contribution is 6.74. The SMILES string of the molecule is Cc1ccccc1-c1cc(-c2ccc(-c3ccccc3)cc2Nc2ccc(C(C)(C)C)cc2)c2c(c1)N(c1ccc(C(C)(C)C)cc1-c1ccccc1)c1c(ccc3oc4ccccc4c13)B2. The lowest BCUT2D eigenvalue weighted by atomic mass is 9.57. The van der Waals surface area contributed by atoms with Crippen LogP contribution in [0, 0.1) is 6.92 Å². The number of furan rings is 1. The van der Waals surface area contributed by atoms with E-state index in [0.29, 0.717) is 0 Å². The first-order chi connectivity index (χ1) is 32.4. The van der Waals surface area contributed by atoms with Gasteiger partial charge in [-0.15, -0.1) is 0 Å². The number of rotatable bonds is 7. The van der Waals surface area contributed by atoms with E-state index in [4.69, 9.17) is 4.42 Å². The van der Waals surface area contributed by atoms with E-state index in [2.05, 4.69) is 253 Å². The fourth-order valence-corrected chi connectivity index (χ4v) is 10.1. The number of aryl methyl sites for hydroxylation is 1. The Morgan fingerprint density at radius 3 is 1.87 bits per heavy atom. The lowest BCUT2D eigenvalue weighted by molar-refractivity contribution is 0.590. The van der Waals surface area contributed by atoms with Crippen molar-refractivity contribution in [2.45, 2.75) is 59.3 Å². The van der Waals surface area contributed by atoms with Gasteiger partial charge in [0.15, 0.2) is 7.28 Å². The molecule has 0 atom stereocenters. The average Bonchev–Trinajstić information content (AvgIpc) is 3.72. The minimum absolute atomic E-state index is 0.0515. The number of para-hydroxylation sites is 1. The molecule has 0 fully saturated rings. The predicted octanol–water partition coefficient (Wildman–Crippen LogP) is 16.1. The van der Waals surface area contributed by atoms with Crippen molar-refractivity contribution >= 4 is 68.6 Å². The first-order valence-electron chi connectivity index (χ1n) is 23.6.